The third kappa shape index (κ3) is 2.24. The van der Waals surface area contributed by atoms with Crippen molar-refractivity contribution in [2.45, 2.75) is 25.3 Å². The predicted molar refractivity (Wildman–Crippen MR) is 69.3 cm³/mol. The van der Waals surface area contributed by atoms with Crippen molar-refractivity contribution in [2.75, 3.05) is 6.54 Å². The fourth-order valence-electron chi connectivity index (χ4n) is 2.30. The maximum Gasteiger partial charge on any atom is 0.246 e. The number of halogens is 2. The zero-order chi connectivity index (χ0) is 13.5. The molecule has 1 fully saturated rings. The first kappa shape index (κ1) is 12.6. The Bertz CT molecular complexity index is 608. The van der Waals surface area contributed by atoms with Gasteiger partial charge in [-0.15, -0.1) is 0 Å². The lowest BCUT2D eigenvalue weighted by atomic mass is 10.0. The zero-order valence-electron chi connectivity index (χ0n) is 10.4. The van der Waals surface area contributed by atoms with Gasteiger partial charge in [-0.2, -0.15) is 4.98 Å². The second-order valence-electron chi connectivity index (χ2n) is 4.91. The van der Waals surface area contributed by atoms with Crippen molar-refractivity contribution in [3.05, 3.63) is 34.9 Å². The standard InChI is InChI=1S/C13H13ClFN3O/c1-13(5-2-6-16-13)12-17-11(18-19-12)9-4-3-8(15)7-10(9)14/h3-4,7,16H,2,5-6H2,1H3. The van der Waals surface area contributed by atoms with Crippen LogP contribution in [-0.4, -0.2) is 16.7 Å². The van der Waals surface area contributed by atoms with Crippen LogP contribution in [0.25, 0.3) is 11.4 Å². The Labute approximate surface area is 115 Å². The van der Waals surface area contributed by atoms with Crippen LogP contribution in [0.3, 0.4) is 0 Å². The molecule has 0 saturated carbocycles. The second-order valence-corrected chi connectivity index (χ2v) is 5.32. The molecular formula is C13H13ClFN3O. The molecule has 1 N–H and O–H groups in total. The third-order valence-electron chi connectivity index (χ3n) is 3.44. The molecule has 2 aromatic rings. The van der Waals surface area contributed by atoms with Gasteiger partial charge in [-0.1, -0.05) is 16.8 Å². The average molecular weight is 282 g/mol. The molecule has 1 aliphatic rings. The molecular weight excluding hydrogens is 269 g/mol. The van der Waals surface area contributed by atoms with Crippen LogP contribution in [-0.2, 0) is 5.54 Å². The number of hydrogen-bond acceptors (Lipinski definition) is 4. The monoisotopic (exact) mass is 281 g/mol. The van der Waals surface area contributed by atoms with Crippen LogP contribution in [0.1, 0.15) is 25.7 Å². The Balaban J connectivity index is 1.97. The van der Waals surface area contributed by atoms with E-state index in [1.807, 2.05) is 6.92 Å². The van der Waals surface area contributed by atoms with E-state index in [4.69, 9.17) is 16.1 Å². The van der Waals surface area contributed by atoms with Crippen LogP contribution in [0.15, 0.2) is 22.7 Å². The zero-order valence-corrected chi connectivity index (χ0v) is 11.2. The van der Waals surface area contributed by atoms with Crippen LogP contribution < -0.4 is 5.32 Å². The van der Waals surface area contributed by atoms with Gasteiger partial charge in [-0.05, 0) is 44.5 Å². The fourth-order valence-corrected chi connectivity index (χ4v) is 2.56. The minimum Gasteiger partial charge on any atom is -0.337 e. The van der Waals surface area contributed by atoms with E-state index in [1.165, 1.54) is 12.1 Å². The minimum atomic E-state index is -0.387. The molecule has 1 unspecified atom stereocenters. The average Bonchev–Trinajstić information content (AvgIpc) is 2.99. The van der Waals surface area contributed by atoms with Crippen molar-refractivity contribution in [3.8, 4) is 11.4 Å². The molecule has 0 radical (unpaired) electrons. The quantitative estimate of drug-likeness (QED) is 0.919. The van der Waals surface area contributed by atoms with Gasteiger partial charge in [0.2, 0.25) is 11.7 Å². The van der Waals surface area contributed by atoms with Gasteiger partial charge >= 0.3 is 0 Å². The lowest BCUT2D eigenvalue weighted by Crippen LogP contribution is -2.33. The SMILES string of the molecule is CC1(c2nc(-c3ccc(F)cc3Cl)no2)CCCN1. The van der Waals surface area contributed by atoms with Gasteiger partial charge in [-0.3, -0.25) is 0 Å². The van der Waals surface area contributed by atoms with E-state index in [0.717, 1.165) is 19.4 Å². The number of hydrogen-bond donors (Lipinski definition) is 1. The Morgan fingerprint density at radius 1 is 1.47 bits per heavy atom. The molecule has 2 heterocycles. The number of nitrogens with zero attached hydrogens (tertiary/aromatic N) is 2. The van der Waals surface area contributed by atoms with Crippen molar-refractivity contribution >= 4 is 11.6 Å². The summed E-state index contributed by atoms with van der Waals surface area (Å²) in [4.78, 5) is 4.38. The Morgan fingerprint density at radius 2 is 2.32 bits per heavy atom. The number of benzene rings is 1. The van der Waals surface area contributed by atoms with Gasteiger partial charge in [0.05, 0.1) is 10.6 Å². The Hall–Kier alpha value is -1.46. The summed E-state index contributed by atoms with van der Waals surface area (Å²) in [5, 5.41) is 7.56. The van der Waals surface area contributed by atoms with Crippen molar-refractivity contribution in [1.82, 2.24) is 15.5 Å². The molecule has 1 atom stereocenters. The largest absolute Gasteiger partial charge is 0.337 e. The van der Waals surface area contributed by atoms with Gasteiger partial charge in [0.25, 0.3) is 0 Å². The van der Waals surface area contributed by atoms with E-state index in [1.54, 1.807) is 6.07 Å². The maximum atomic E-state index is 13.0. The van der Waals surface area contributed by atoms with Gasteiger partial charge in [0.15, 0.2) is 0 Å². The summed E-state index contributed by atoms with van der Waals surface area (Å²) in [6.45, 7) is 2.97. The predicted octanol–water partition coefficient (Wildman–Crippen LogP) is 3.13. The number of rotatable bonds is 2. The molecule has 1 aromatic carbocycles. The van der Waals surface area contributed by atoms with E-state index in [2.05, 4.69) is 15.5 Å². The molecule has 0 spiro atoms. The fraction of sp³-hybridized carbons (Fsp3) is 0.385. The lowest BCUT2D eigenvalue weighted by molar-refractivity contribution is 0.275. The molecule has 3 rings (SSSR count). The number of aromatic nitrogens is 2. The highest BCUT2D eigenvalue weighted by atomic mass is 35.5. The highest BCUT2D eigenvalue weighted by Gasteiger charge is 2.35. The van der Waals surface area contributed by atoms with Gasteiger partial charge in [-0.25, -0.2) is 4.39 Å². The van der Waals surface area contributed by atoms with E-state index in [-0.39, 0.29) is 16.4 Å². The molecule has 1 saturated heterocycles. The van der Waals surface area contributed by atoms with Crippen molar-refractivity contribution in [3.63, 3.8) is 0 Å². The molecule has 0 amide bonds. The van der Waals surface area contributed by atoms with E-state index < -0.39 is 0 Å². The van der Waals surface area contributed by atoms with Crippen molar-refractivity contribution in [1.29, 1.82) is 0 Å². The maximum absolute atomic E-state index is 13.0. The van der Waals surface area contributed by atoms with Crippen LogP contribution in [0.5, 0.6) is 0 Å². The first-order valence-electron chi connectivity index (χ1n) is 6.13. The summed E-state index contributed by atoms with van der Waals surface area (Å²) < 4.78 is 18.3. The van der Waals surface area contributed by atoms with Crippen LogP contribution >= 0.6 is 11.6 Å². The minimum absolute atomic E-state index is 0.275. The molecule has 4 nitrogen and oxygen atoms in total. The van der Waals surface area contributed by atoms with Gasteiger partial charge < -0.3 is 9.84 Å². The second kappa shape index (κ2) is 4.58. The highest BCUT2D eigenvalue weighted by molar-refractivity contribution is 6.33. The molecule has 100 valence electrons. The van der Waals surface area contributed by atoms with Crippen molar-refractivity contribution in [2.24, 2.45) is 0 Å². The van der Waals surface area contributed by atoms with Gasteiger partial charge in [0.1, 0.15) is 5.82 Å². The van der Waals surface area contributed by atoms with Crippen LogP contribution in [0, 0.1) is 5.82 Å². The summed E-state index contributed by atoms with van der Waals surface area (Å²) in [7, 11) is 0. The Morgan fingerprint density at radius 3 is 3.00 bits per heavy atom. The first-order chi connectivity index (χ1) is 9.08. The highest BCUT2D eigenvalue weighted by Crippen LogP contribution is 2.32. The topological polar surface area (TPSA) is 51.0 Å². The van der Waals surface area contributed by atoms with E-state index in [0.29, 0.717) is 17.3 Å². The van der Waals surface area contributed by atoms with E-state index in [9.17, 15) is 4.39 Å². The first-order valence-corrected chi connectivity index (χ1v) is 6.51. The summed E-state index contributed by atoms with van der Waals surface area (Å²) in [5.41, 5.74) is 0.289. The van der Waals surface area contributed by atoms with Crippen LogP contribution in [0.2, 0.25) is 5.02 Å². The molecule has 6 heteroatoms. The van der Waals surface area contributed by atoms with E-state index >= 15 is 0 Å². The lowest BCUT2D eigenvalue weighted by Gasteiger charge is -2.18. The normalized spacial score (nSPS) is 22.9. The summed E-state index contributed by atoms with van der Waals surface area (Å²) in [5.74, 6) is 0.539. The summed E-state index contributed by atoms with van der Waals surface area (Å²) >= 11 is 5.99. The smallest absolute Gasteiger partial charge is 0.246 e. The summed E-state index contributed by atoms with van der Waals surface area (Å²) in [6.07, 6.45) is 2.03. The van der Waals surface area contributed by atoms with Gasteiger partial charge in [0, 0.05) is 5.56 Å². The van der Waals surface area contributed by atoms with Crippen molar-refractivity contribution < 1.29 is 8.91 Å². The molecule has 1 aromatic heterocycles. The number of nitrogens with one attached hydrogen (secondary N) is 1. The Kier molecular flexibility index (Phi) is 3.03. The molecule has 0 bridgehead atoms. The molecule has 0 aliphatic carbocycles. The molecule has 19 heavy (non-hydrogen) atoms. The summed E-state index contributed by atoms with van der Waals surface area (Å²) in [6, 6.07) is 4.12. The third-order valence-corrected chi connectivity index (χ3v) is 3.75. The molecule has 1 aliphatic heterocycles. The van der Waals surface area contributed by atoms with Crippen LogP contribution in [0.4, 0.5) is 4.39 Å².